The fourth-order valence-electron chi connectivity index (χ4n) is 1.56. The molecular formula is C13H20N2O. The van der Waals surface area contributed by atoms with Crippen LogP contribution in [0.3, 0.4) is 0 Å². The highest BCUT2D eigenvalue weighted by atomic mass is 16.1. The number of benzene rings is 1. The Kier molecular flexibility index (Phi) is 4.99. The molecule has 0 aliphatic carbocycles. The summed E-state index contributed by atoms with van der Waals surface area (Å²) >= 11 is 0. The van der Waals surface area contributed by atoms with Crippen molar-refractivity contribution in [1.82, 2.24) is 5.32 Å². The van der Waals surface area contributed by atoms with Crippen LogP contribution in [0.5, 0.6) is 0 Å². The summed E-state index contributed by atoms with van der Waals surface area (Å²) in [7, 11) is 1.76. The molecule has 1 aromatic rings. The van der Waals surface area contributed by atoms with Gasteiger partial charge in [-0.05, 0) is 37.1 Å². The molecule has 0 bridgehead atoms. The predicted molar refractivity (Wildman–Crippen MR) is 67.5 cm³/mol. The summed E-state index contributed by atoms with van der Waals surface area (Å²) in [6.07, 6.45) is 1.07. The fourth-order valence-corrected chi connectivity index (χ4v) is 1.56. The molecule has 0 atom stereocenters. The first-order valence-electron chi connectivity index (χ1n) is 5.65. The van der Waals surface area contributed by atoms with Gasteiger partial charge in [0.15, 0.2) is 0 Å². The van der Waals surface area contributed by atoms with E-state index in [0.717, 1.165) is 12.1 Å². The van der Waals surface area contributed by atoms with Crippen LogP contribution in [0.4, 0.5) is 5.69 Å². The van der Waals surface area contributed by atoms with Gasteiger partial charge in [0.05, 0.1) is 6.54 Å². The number of rotatable bonds is 5. The van der Waals surface area contributed by atoms with E-state index in [0.29, 0.717) is 12.5 Å². The summed E-state index contributed by atoms with van der Waals surface area (Å²) in [5.41, 5.74) is 2.16. The molecule has 0 heterocycles. The smallest absolute Gasteiger partial charge is 0.238 e. The van der Waals surface area contributed by atoms with E-state index in [1.165, 1.54) is 5.56 Å². The Morgan fingerprint density at radius 3 is 2.38 bits per heavy atom. The molecule has 0 fully saturated rings. The number of anilines is 1. The van der Waals surface area contributed by atoms with Gasteiger partial charge >= 0.3 is 0 Å². The third kappa shape index (κ3) is 4.45. The number of likely N-dealkylation sites (N-methyl/N-ethyl adjacent to an activating group) is 1. The third-order valence-electron chi connectivity index (χ3n) is 2.22. The Morgan fingerprint density at radius 2 is 1.88 bits per heavy atom. The fraction of sp³-hybridized carbons (Fsp3) is 0.462. The van der Waals surface area contributed by atoms with Crippen molar-refractivity contribution >= 4 is 11.6 Å². The minimum absolute atomic E-state index is 0.0147. The zero-order valence-electron chi connectivity index (χ0n) is 10.2. The molecule has 0 saturated heterocycles. The first-order chi connectivity index (χ1) is 7.61. The summed E-state index contributed by atoms with van der Waals surface area (Å²) in [5, 5.41) is 5.64. The van der Waals surface area contributed by atoms with Crippen LogP contribution in [0.25, 0.3) is 0 Å². The summed E-state index contributed by atoms with van der Waals surface area (Å²) < 4.78 is 0. The summed E-state index contributed by atoms with van der Waals surface area (Å²) in [5.74, 6) is 0.642. The second kappa shape index (κ2) is 6.28. The van der Waals surface area contributed by atoms with Gasteiger partial charge in [0.2, 0.25) is 5.91 Å². The van der Waals surface area contributed by atoms with E-state index in [2.05, 4.69) is 36.6 Å². The maximum atomic E-state index is 11.3. The number of nitrogens with one attached hydrogen (secondary N) is 2. The first kappa shape index (κ1) is 12.7. The average Bonchev–Trinajstić information content (AvgIpc) is 2.20. The molecule has 0 spiro atoms. The van der Waals surface area contributed by atoms with Crippen LogP contribution in [-0.4, -0.2) is 19.5 Å². The molecule has 3 heteroatoms. The van der Waals surface area contributed by atoms with Crippen molar-refractivity contribution in [2.24, 2.45) is 5.92 Å². The lowest BCUT2D eigenvalue weighted by Crippen LogP contribution is -2.24. The van der Waals surface area contributed by atoms with Crippen LogP contribution in [0.1, 0.15) is 19.4 Å². The molecule has 0 unspecified atom stereocenters. The lowest BCUT2D eigenvalue weighted by Gasteiger charge is -2.07. The van der Waals surface area contributed by atoms with Crippen LogP contribution < -0.4 is 10.6 Å². The van der Waals surface area contributed by atoms with Gasteiger partial charge in [-0.25, -0.2) is 0 Å². The van der Waals surface area contributed by atoms with Crippen LogP contribution in [-0.2, 0) is 11.2 Å². The van der Waals surface area contributed by atoms with E-state index in [4.69, 9.17) is 0 Å². The molecule has 1 aromatic carbocycles. The average molecular weight is 220 g/mol. The predicted octanol–water partition coefficient (Wildman–Crippen LogP) is 2.04. The summed E-state index contributed by atoms with van der Waals surface area (Å²) in [6.45, 7) is 4.74. The molecule has 0 aliphatic rings. The third-order valence-corrected chi connectivity index (χ3v) is 2.22. The first-order valence-corrected chi connectivity index (χ1v) is 5.65. The molecule has 0 aliphatic heterocycles. The van der Waals surface area contributed by atoms with Crippen LogP contribution >= 0.6 is 0 Å². The van der Waals surface area contributed by atoms with E-state index in [1.54, 1.807) is 7.05 Å². The van der Waals surface area contributed by atoms with Crippen molar-refractivity contribution in [1.29, 1.82) is 0 Å². The van der Waals surface area contributed by atoms with Gasteiger partial charge in [-0.3, -0.25) is 4.79 Å². The zero-order chi connectivity index (χ0) is 12.0. The number of carbonyl (C=O) groups is 1. The van der Waals surface area contributed by atoms with Gasteiger partial charge in [0.1, 0.15) is 0 Å². The highest BCUT2D eigenvalue weighted by molar-refractivity contribution is 5.92. The molecule has 0 aromatic heterocycles. The normalized spacial score (nSPS) is 10.5. The van der Waals surface area contributed by atoms with Crippen molar-refractivity contribution < 1.29 is 4.79 Å². The van der Waals surface area contributed by atoms with Crippen molar-refractivity contribution in [3.8, 4) is 0 Å². The summed E-state index contributed by atoms with van der Waals surface area (Å²) in [6, 6.07) is 8.03. The zero-order valence-corrected chi connectivity index (χ0v) is 10.2. The maximum absolute atomic E-state index is 11.3. The van der Waals surface area contributed by atoms with Gasteiger partial charge in [-0.2, -0.15) is 0 Å². The molecular weight excluding hydrogens is 200 g/mol. The minimum atomic E-state index is -0.0147. The molecule has 1 amide bonds. The van der Waals surface area contributed by atoms with Gasteiger partial charge in [-0.1, -0.05) is 26.0 Å². The van der Waals surface area contributed by atoms with Crippen molar-refractivity contribution in [2.75, 3.05) is 18.9 Å². The topological polar surface area (TPSA) is 41.1 Å². The lowest BCUT2D eigenvalue weighted by molar-refractivity contribution is -0.115. The van der Waals surface area contributed by atoms with E-state index < -0.39 is 0 Å². The van der Waals surface area contributed by atoms with Gasteiger partial charge in [-0.15, -0.1) is 0 Å². The Bertz CT molecular complexity index is 330. The van der Waals surface area contributed by atoms with Crippen molar-refractivity contribution in [3.05, 3.63) is 29.8 Å². The number of amides is 1. The second-order valence-electron chi connectivity index (χ2n) is 4.37. The monoisotopic (exact) mass is 220 g/mol. The quantitative estimate of drug-likeness (QED) is 0.797. The second-order valence-corrected chi connectivity index (χ2v) is 4.37. The maximum Gasteiger partial charge on any atom is 0.238 e. The molecule has 2 N–H and O–H groups in total. The number of hydrogen-bond donors (Lipinski definition) is 2. The number of carbonyl (C=O) groups excluding carboxylic acids is 1. The number of hydrogen-bond acceptors (Lipinski definition) is 2. The Labute approximate surface area is 97.2 Å². The van der Waals surface area contributed by atoms with E-state index in [9.17, 15) is 4.79 Å². The molecule has 1 rings (SSSR count). The SMILES string of the molecule is CNCC(=O)Nc1ccc(CC(C)C)cc1. The van der Waals surface area contributed by atoms with Crippen LogP contribution in [0.2, 0.25) is 0 Å². The van der Waals surface area contributed by atoms with Crippen LogP contribution in [0.15, 0.2) is 24.3 Å². The van der Waals surface area contributed by atoms with E-state index >= 15 is 0 Å². The van der Waals surface area contributed by atoms with Crippen LogP contribution in [0, 0.1) is 5.92 Å². The van der Waals surface area contributed by atoms with Crippen molar-refractivity contribution in [2.45, 2.75) is 20.3 Å². The van der Waals surface area contributed by atoms with Crippen molar-refractivity contribution in [3.63, 3.8) is 0 Å². The molecule has 0 radical (unpaired) electrons. The standard InChI is InChI=1S/C13H20N2O/c1-10(2)8-11-4-6-12(7-5-11)15-13(16)9-14-3/h4-7,10,14H,8-9H2,1-3H3,(H,15,16). The minimum Gasteiger partial charge on any atom is -0.325 e. The molecule has 16 heavy (non-hydrogen) atoms. The molecule has 3 nitrogen and oxygen atoms in total. The largest absolute Gasteiger partial charge is 0.325 e. The van der Waals surface area contributed by atoms with E-state index in [1.807, 2.05) is 12.1 Å². The van der Waals surface area contributed by atoms with E-state index in [-0.39, 0.29) is 5.91 Å². The van der Waals surface area contributed by atoms with Gasteiger partial charge in [0.25, 0.3) is 0 Å². The Balaban J connectivity index is 2.54. The molecule has 0 saturated carbocycles. The Hall–Kier alpha value is -1.35. The lowest BCUT2D eigenvalue weighted by atomic mass is 10.0. The summed E-state index contributed by atoms with van der Waals surface area (Å²) in [4.78, 5) is 11.3. The van der Waals surface area contributed by atoms with Gasteiger partial charge in [0, 0.05) is 5.69 Å². The molecule has 88 valence electrons. The highest BCUT2D eigenvalue weighted by Crippen LogP contribution is 2.12. The van der Waals surface area contributed by atoms with Gasteiger partial charge < -0.3 is 10.6 Å². The Morgan fingerprint density at radius 1 is 1.25 bits per heavy atom. The highest BCUT2D eigenvalue weighted by Gasteiger charge is 2.01.